The van der Waals surface area contributed by atoms with Crippen molar-refractivity contribution in [2.75, 3.05) is 13.7 Å². The van der Waals surface area contributed by atoms with Crippen LogP contribution >= 0.6 is 11.6 Å². The number of esters is 1. The molecule has 0 saturated carbocycles. The van der Waals surface area contributed by atoms with Crippen LogP contribution in [0.3, 0.4) is 0 Å². The predicted molar refractivity (Wildman–Crippen MR) is 80.7 cm³/mol. The fraction of sp³-hybridized carbons (Fsp3) is 0.133. The fourth-order valence-corrected chi connectivity index (χ4v) is 1.86. The molecule has 0 unspecified atom stereocenters. The summed E-state index contributed by atoms with van der Waals surface area (Å²) in [5.41, 5.74) is 0.688. The van der Waals surface area contributed by atoms with E-state index in [1.807, 2.05) is 0 Å². The molecular formula is C15H13ClN2O4. The molecule has 1 heterocycles. The Morgan fingerprint density at radius 1 is 1.45 bits per heavy atom. The highest BCUT2D eigenvalue weighted by Gasteiger charge is 2.15. The van der Waals surface area contributed by atoms with Gasteiger partial charge in [0, 0.05) is 16.8 Å². The number of amides is 1. The zero-order valence-electron chi connectivity index (χ0n) is 12.6. The smallest absolute Gasteiger partial charge is 0.325 e. The topological polar surface area (TPSA) is 88.5 Å². The largest absolute Gasteiger partial charge is 0.505 e. The van der Waals surface area contributed by atoms with Gasteiger partial charge in [-0.3, -0.25) is 9.59 Å². The van der Waals surface area contributed by atoms with Crippen LogP contribution in [0.1, 0.15) is 11.9 Å². The number of hydrogen-bond donors (Lipinski definition) is 2. The maximum absolute atomic E-state index is 11.9. The Bertz CT molecular complexity index is 767. The summed E-state index contributed by atoms with van der Waals surface area (Å²) in [6.45, 7) is -0.330. The lowest BCUT2D eigenvalue weighted by Gasteiger charge is -2.07. The van der Waals surface area contributed by atoms with Crippen LogP contribution in [-0.4, -0.2) is 35.6 Å². The highest BCUT2D eigenvalue weighted by Crippen LogP contribution is 2.26. The highest BCUT2D eigenvalue weighted by molar-refractivity contribution is 6.30. The molecule has 0 spiro atoms. The van der Waals surface area contributed by atoms with Gasteiger partial charge in [-0.2, -0.15) is 0 Å². The molecule has 0 radical (unpaired) electrons. The molecule has 1 amide bonds. The van der Waals surface area contributed by atoms with E-state index in [9.17, 15) is 14.7 Å². The normalized spacial score (nSPS) is 10.7. The molecule has 0 fully saturated rings. The van der Waals surface area contributed by atoms with Crippen molar-refractivity contribution in [3.05, 3.63) is 47.2 Å². The maximum Gasteiger partial charge on any atom is 0.325 e. The number of carbonyl (C=O) groups is 2. The quantitative estimate of drug-likeness (QED) is 0.841. The number of hydrogen-bond acceptors (Lipinski definition) is 5. The van der Waals surface area contributed by atoms with Gasteiger partial charge in [0.2, 0.25) is 0 Å². The Morgan fingerprint density at radius 3 is 2.91 bits per heavy atom. The molecule has 22 heavy (non-hydrogen) atoms. The van der Waals surface area contributed by atoms with Gasteiger partial charge in [-0.25, -0.2) is 4.98 Å². The van der Waals surface area contributed by atoms with E-state index >= 15 is 0 Å². The Labute approximate surface area is 133 Å². The summed E-state index contributed by atoms with van der Waals surface area (Å²) in [6, 6.07) is 6.18. The van der Waals surface area contributed by atoms with Gasteiger partial charge in [-0.05, 0) is 23.8 Å². The molecule has 0 bridgehead atoms. The SMILES string of the molecule is [2H]c1ccc(Cl)cc1-c1cnc(C(=O)NCC(=O)OC)c(O)c1. The summed E-state index contributed by atoms with van der Waals surface area (Å²) in [6.07, 6.45) is 1.34. The number of ether oxygens (including phenoxy) is 1. The first-order valence-electron chi connectivity index (χ1n) is 6.73. The Balaban J connectivity index is 2.25. The van der Waals surface area contributed by atoms with E-state index in [1.165, 1.54) is 25.4 Å². The van der Waals surface area contributed by atoms with Crippen molar-refractivity contribution in [2.45, 2.75) is 0 Å². The third kappa shape index (κ3) is 3.73. The van der Waals surface area contributed by atoms with Crippen LogP contribution in [0.2, 0.25) is 5.02 Å². The number of aromatic nitrogens is 1. The molecule has 2 rings (SSSR count). The van der Waals surface area contributed by atoms with E-state index < -0.39 is 11.9 Å². The number of carbonyl (C=O) groups excluding carboxylic acids is 2. The van der Waals surface area contributed by atoms with Gasteiger partial charge >= 0.3 is 5.97 Å². The number of pyridine rings is 1. The second kappa shape index (κ2) is 6.91. The molecular weight excluding hydrogens is 308 g/mol. The standard InChI is InChI=1S/C15H13ClN2O4/c1-22-13(20)8-18-15(21)14-12(19)6-10(7-17-14)9-3-2-4-11(16)5-9/h2-7,19H,8H2,1H3,(H,18,21)/i3D. The highest BCUT2D eigenvalue weighted by atomic mass is 35.5. The second-order valence-electron chi connectivity index (χ2n) is 4.27. The van der Waals surface area contributed by atoms with Crippen LogP contribution in [0.15, 0.2) is 36.5 Å². The van der Waals surface area contributed by atoms with Crippen molar-refractivity contribution >= 4 is 23.5 Å². The van der Waals surface area contributed by atoms with Crippen molar-refractivity contribution in [3.8, 4) is 16.9 Å². The number of benzene rings is 1. The maximum atomic E-state index is 11.9. The second-order valence-corrected chi connectivity index (χ2v) is 4.71. The van der Waals surface area contributed by atoms with Crippen molar-refractivity contribution in [1.82, 2.24) is 10.3 Å². The van der Waals surface area contributed by atoms with E-state index in [4.69, 9.17) is 13.0 Å². The zero-order valence-corrected chi connectivity index (χ0v) is 12.3. The minimum Gasteiger partial charge on any atom is -0.505 e. The molecule has 0 aliphatic rings. The van der Waals surface area contributed by atoms with Gasteiger partial charge in [0.15, 0.2) is 5.69 Å². The minimum absolute atomic E-state index is 0.207. The predicted octanol–water partition coefficient (Wildman–Crippen LogP) is 2.01. The number of aromatic hydroxyl groups is 1. The Morgan fingerprint density at radius 2 is 2.23 bits per heavy atom. The van der Waals surface area contributed by atoms with Gasteiger partial charge in [0.05, 0.1) is 8.48 Å². The molecule has 1 aromatic carbocycles. The number of nitrogens with one attached hydrogen (secondary N) is 1. The lowest BCUT2D eigenvalue weighted by Crippen LogP contribution is -2.30. The van der Waals surface area contributed by atoms with E-state index in [0.717, 1.165) is 0 Å². The van der Waals surface area contributed by atoms with Gasteiger partial charge in [0.1, 0.15) is 12.3 Å². The molecule has 114 valence electrons. The summed E-state index contributed by atoms with van der Waals surface area (Å²) >= 11 is 5.90. The van der Waals surface area contributed by atoms with Gasteiger partial charge in [0.25, 0.3) is 5.91 Å². The van der Waals surface area contributed by atoms with Crippen molar-refractivity contribution in [2.24, 2.45) is 0 Å². The molecule has 0 atom stereocenters. The van der Waals surface area contributed by atoms with E-state index in [-0.39, 0.29) is 24.0 Å². The lowest BCUT2D eigenvalue weighted by molar-refractivity contribution is -0.139. The fourth-order valence-electron chi connectivity index (χ4n) is 1.69. The van der Waals surface area contributed by atoms with E-state index in [0.29, 0.717) is 16.1 Å². The van der Waals surface area contributed by atoms with E-state index in [1.54, 1.807) is 12.1 Å². The lowest BCUT2D eigenvalue weighted by atomic mass is 10.1. The summed E-state index contributed by atoms with van der Waals surface area (Å²) in [7, 11) is 1.20. The van der Waals surface area contributed by atoms with Crippen molar-refractivity contribution in [1.29, 1.82) is 0 Å². The molecule has 2 N–H and O–H groups in total. The molecule has 2 aromatic rings. The average molecular weight is 322 g/mol. The monoisotopic (exact) mass is 321 g/mol. The van der Waals surface area contributed by atoms with Crippen LogP contribution in [0.25, 0.3) is 11.1 Å². The first-order chi connectivity index (χ1) is 10.9. The number of methoxy groups -OCH3 is 1. The first-order valence-corrected chi connectivity index (χ1v) is 6.60. The summed E-state index contributed by atoms with van der Waals surface area (Å²) < 4.78 is 12.2. The molecule has 7 heteroatoms. The average Bonchev–Trinajstić information content (AvgIpc) is 2.54. The number of rotatable bonds is 4. The minimum atomic E-state index is -0.711. The van der Waals surface area contributed by atoms with Crippen molar-refractivity contribution < 1.29 is 20.8 Å². The molecule has 1 aromatic heterocycles. The van der Waals surface area contributed by atoms with Crippen LogP contribution in [-0.2, 0) is 9.53 Å². The first kappa shape index (κ1) is 14.3. The molecule has 0 aliphatic carbocycles. The number of nitrogens with zero attached hydrogens (tertiary/aromatic N) is 1. The Kier molecular flexibility index (Phi) is 4.50. The third-order valence-electron chi connectivity index (χ3n) is 2.78. The van der Waals surface area contributed by atoms with Crippen LogP contribution in [0.4, 0.5) is 0 Å². The molecule has 6 nitrogen and oxygen atoms in total. The van der Waals surface area contributed by atoms with Crippen molar-refractivity contribution in [3.63, 3.8) is 0 Å². The van der Waals surface area contributed by atoms with Crippen LogP contribution < -0.4 is 5.32 Å². The van der Waals surface area contributed by atoms with Crippen LogP contribution in [0.5, 0.6) is 5.75 Å². The molecule has 0 aliphatic heterocycles. The summed E-state index contributed by atoms with van der Waals surface area (Å²) in [5.74, 6) is -1.70. The van der Waals surface area contributed by atoms with Gasteiger partial charge in [-0.1, -0.05) is 23.7 Å². The zero-order chi connectivity index (χ0) is 17.0. The Hall–Kier alpha value is -2.60. The summed E-state index contributed by atoms with van der Waals surface area (Å²) in [5, 5.41) is 12.7. The summed E-state index contributed by atoms with van der Waals surface area (Å²) in [4.78, 5) is 26.7. The van der Waals surface area contributed by atoms with Gasteiger partial charge < -0.3 is 15.2 Å². The third-order valence-corrected chi connectivity index (χ3v) is 3.01. The van der Waals surface area contributed by atoms with E-state index in [2.05, 4.69) is 15.0 Å². The molecule has 0 saturated heterocycles. The van der Waals surface area contributed by atoms with Crippen LogP contribution in [0, 0.1) is 0 Å². The number of halogens is 1. The van der Waals surface area contributed by atoms with Gasteiger partial charge in [-0.15, -0.1) is 0 Å².